The molecule has 1 aromatic rings. The summed E-state index contributed by atoms with van der Waals surface area (Å²) in [7, 11) is 4.29. The van der Waals surface area contributed by atoms with Crippen molar-refractivity contribution in [2.24, 2.45) is 0 Å². The molecule has 0 saturated carbocycles. The summed E-state index contributed by atoms with van der Waals surface area (Å²) in [4.78, 5) is 11.7. The summed E-state index contributed by atoms with van der Waals surface area (Å²) in [5.41, 5.74) is 0.683. The molecule has 22 heavy (non-hydrogen) atoms. The summed E-state index contributed by atoms with van der Waals surface area (Å²) in [6.45, 7) is 2.11. The van der Waals surface area contributed by atoms with Crippen LogP contribution in [0.5, 0.6) is 11.5 Å². The molecule has 0 heterocycles. The minimum absolute atomic E-state index is 0.130. The maximum absolute atomic E-state index is 14.0. The predicted octanol–water partition coefficient (Wildman–Crippen LogP) is 4.07. The van der Waals surface area contributed by atoms with Crippen molar-refractivity contribution < 1.29 is 23.4 Å². The van der Waals surface area contributed by atoms with Gasteiger partial charge in [-0.15, -0.1) is 0 Å². The molecule has 0 saturated heterocycles. The SMILES string of the molecule is CCCCCC(CC(=O)OC)c1cc(F)c(OC)cc1OC. The fourth-order valence-electron chi connectivity index (χ4n) is 2.50. The standard InChI is InChI=1S/C17H25FO4/c1-5-6-7-8-12(9-17(19)22-4)13-10-14(18)16(21-3)11-15(13)20-2/h10-12H,5-9H2,1-4H3. The Kier molecular flexibility index (Phi) is 7.71. The highest BCUT2D eigenvalue weighted by Gasteiger charge is 2.22. The average molecular weight is 312 g/mol. The highest BCUT2D eigenvalue weighted by atomic mass is 19.1. The van der Waals surface area contributed by atoms with E-state index in [1.165, 1.54) is 33.5 Å². The van der Waals surface area contributed by atoms with E-state index in [1.807, 2.05) is 0 Å². The first kappa shape index (κ1) is 18.3. The first-order valence-corrected chi connectivity index (χ1v) is 7.55. The molecule has 0 aliphatic carbocycles. The number of unbranched alkanes of at least 4 members (excludes halogenated alkanes) is 2. The number of methoxy groups -OCH3 is 3. The molecule has 1 aromatic carbocycles. The molecule has 124 valence electrons. The van der Waals surface area contributed by atoms with Gasteiger partial charge in [-0.3, -0.25) is 4.79 Å². The van der Waals surface area contributed by atoms with Crippen LogP contribution in [-0.2, 0) is 9.53 Å². The Morgan fingerprint density at radius 1 is 1.14 bits per heavy atom. The number of rotatable bonds is 9. The van der Waals surface area contributed by atoms with Crippen LogP contribution in [0.1, 0.15) is 50.5 Å². The van der Waals surface area contributed by atoms with Crippen molar-refractivity contribution in [3.05, 3.63) is 23.5 Å². The molecule has 0 aliphatic rings. The van der Waals surface area contributed by atoms with E-state index in [-0.39, 0.29) is 24.1 Å². The zero-order valence-electron chi connectivity index (χ0n) is 13.8. The highest BCUT2D eigenvalue weighted by molar-refractivity contribution is 5.70. The van der Waals surface area contributed by atoms with Crippen molar-refractivity contribution in [1.29, 1.82) is 0 Å². The zero-order valence-corrected chi connectivity index (χ0v) is 13.8. The van der Waals surface area contributed by atoms with Crippen LogP contribution >= 0.6 is 0 Å². The molecular weight excluding hydrogens is 287 g/mol. The Bertz CT molecular complexity index is 488. The summed E-state index contributed by atoms with van der Waals surface area (Å²) in [6.07, 6.45) is 4.11. The van der Waals surface area contributed by atoms with Crippen LogP contribution in [-0.4, -0.2) is 27.3 Å². The summed E-state index contributed by atoms with van der Waals surface area (Å²) in [6, 6.07) is 2.92. The fourth-order valence-corrected chi connectivity index (χ4v) is 2.50. The largest absolute Gasteiger partial charge is 0.496 e. The Labute approximate surface area is 131 Å². The predicted molar refractivity (Wildman–Crippen MR) is 83.0 cm³/mol. The maximum atomic E-state index is 14.0. The summed E-state index contributed by atoms with van der Waals surface area (Å²) in [5, 5.41) is 0. The Morgan fingerprint density at radius 2 is 1.82 bits per heavy atom. The average Bonchev–Trinajstić information content (AvgIpc) is 2.53. The summed E-state index contributed by atoms with van der Waals surface area (Å²) < 4.78 is 29.1. The third kappa shape index (κ3) is 4.90. The van der Waals surface area contributed by atoms with Gasteiger partial charge in [0.2, 0.25) is 0 Å². The van der Waals surface area contributed by atoms with Crippen molar-refractivity contribution in [2.45, 2.75) is 44.9 Å². The molecule has 0 aromatic heterocycles. The molecule has 0 bridgehead atoms. The minimum Gasteiger partial charge on any atom is -0.496 e. The molecule has 0 fully saturated rings. The van der Waals surface area contributed by atoms with Gasteiger partial charge in [0, 0.05) is 11.6 Å². The molecule has 0 spiro atoms. The number of hydrogen-bond acceptors (Lipinski definition) is 4. The number of halogens is 1. The lowest BCUT2D eigenvalue weighted by Gasteiger charge is -2.20. The monoisotopic (exact) mass is 312 g/mol. The third-order valence-corrected chi connectivity index (χ3v) is 3.74. The van der Waals surface area contributed by atoms with E-state index in [0.717, 1.165) is 25.7 Å². The van der Waals surface area contributed by atoms with Gasteiger partial charge in [-0.05, 0) is 18.4 Å². The Balaban J connectivity index is 3.10. The molecule has 5 heteroatoms. The second-order valence-electron chi connectivity index (χ2n) is 5.20. The lowest BCUT2D eigenvalue weighted by molar-refractivity contribution is -0.141. The number of esters is 1. The van der Waals surface area contributed by atoms with Crippen LogP contribution in [0, 0.1) is 5.82 Å². The Hall–Kier alpha value is -1.78. The van der Waals surface area contributed by atoms with Crippen LogP contribution in [0.15, 0.2) is 12.1 Å². The fraction of sp³-hybridized carbons (Fsp3) is 0.588. The molecule has 1 atom stereocenters. The second-order valence-corrected chi connectivity index (χ2v) is 5.20. The molecule has 1 unspecified atom stereocenters. The van der Waals surface area contributed by atoms with E-state index in [2.05, 4.69) is 6.92 Å². The molecular formula is C17H25FO4. The zero-order chi connectivity index (χ0) is 16.5. The van der Waals surface area contributed by atoms with E-state index in [0.29, 0.717) is 11.3 Å². The summed E-state index contributed by atoms with van der Waals surface area (Å²) in [5.74, 6) is -0.229. The van der Waals surface area contributed by atoms with Crippen LogP contribution in [0.25, 0.3) is 0 Å². The van der Waals surface area contributed by atoms with Crippen LogP contribution in [0.4, 0.5) is 4.39 Å². The molecule has 0 aliphatic heterocycles. The number of benzene rings is 1. The number of ether oxygens (including phenoxy) is 3. The third-order valence-electron chi connectivity index (χ3n) is 3.74. The molecule has 4 nitrogen and oxygen atoms in total. The van der Waals surface area contributed by atoms with Crippen molar-refractivity contribution >= 4 is 5.97 Å². The van der Waals surface area contributed by atoms with Gasteiger partial charge >= 0.3 is 5.97 Å². The van der Waals surface area contributed by atoms with E-state index in [1.54, 1.807) is 0 Å². The minimum atomic E-state index is -0.455. The lowest BCUT2D eigenvalue weighted by atomic mass is 9.89. The van der Waals surface area contributed by atoms with Crippen molar-refractivity contribution in [1.82, 2.24) is 0 Å². The van der Waals surface area contributed by atoms with Gasteiger partial charge < -0.3 is 14.2 Å². The number of hydrogen-bond donors (Lipinski definition) is 0. The van der Waals surface area contributed by atoms with E-state index in [9.17, 15) is 9.18 Å². The van der Waals surface area contributed by atoms with Gasteiger partial charge in [0.15, 0.2) is 11.6 Å². The molecule has 1 rings (SSSR count). The summed E-state index contributed by atoms with van der Waals surface area (Å²) >= 11 is 0. The number of carbonyl (C=O) groups excluding carboxylic acids is 1. The van der Waals surface area contributed by atoms with Gasteiger partial charge in [-0.25, -0.2) is 4.39 Å². The van der Waals surface area contributed by atoms with Crippen molar-refractivity contribution in [3.63, 3.8) is 0 Å². The smallest absolute Gasteiger partial charge is 0.306 e. The second kappa shape index (κ2) is 9.28. The van der Waals surface area contributed by atoms with Gasteiger partial charge in [-0.1, -0.05) is 26.2 Å². The molecule has 0 amide bonds. The topological polar surface area (TPSA) is 44.8 Å². The van der Waals surface area contributed by atoms with Crippen LogP contribution < -0.4 is 9.47 Å². The van der Waals surface area contributed by atoms with Gasteiger partial charge in [0.05, 0.1) is 27.8 Å². The van der Waals surface area contributed by atoms with Crippen LogP contribution in [0.2, 0.25) is 0 Å². The molecule has 0 N–H and O–H groups in total. The van der Waals surface area contributed by atoms with Crippen molar-refractivity contribution in [2.75, 3.05) is 21.3 Å². The maximum Gasteiger partial charge on any atom is 0.306 e. The normalized spacial score (nSPS) is 11.9. The molecule has 0 radical (unpaired) electrons. The van der Waals surface area contributed by atoms with Crippen LogP contribution in [0.3, 0.4) is 0 Å². The van der Waals surface area contributed by atoms with E-state index < -0.39 is 5.82 Å². The highest BCUT2D eigenvalue weighted by Crippen LogP contribution is 2.37. The van der Waals surface area contributed by atoms with E-state index >= 15 is 0 Å². The van der Waals surface area contributed by atoms with Gasteiger partial charge in [0.1, 0.15) is 5.75 Å². The Morgan fingerprint density at radius 3 is 2.36 bits per heavy atom. The van der Waals surface area contributed by atoms with Crippen molar-refractivity contribution in [3.8, 4) is 11.5 Å². The quantitative estimate of drug-likeness (QED) is 0.509. The first-order valence-electron chi connectivity index (χ1n) is 7.55. The lowest BCUT2D eigenvalue weighted by Crippen LogP contribution is -2.11. The number of carbonyl (C=O) groups is 1. The van der Waals surface area contributed by atoms with Gasteiger partial charge in [0.25, 0.3) is 0 Å². The van der Waals surface area contributed by atoms with E-state index in [4.69, 9.17) is 14.2 Å². The van der Waals surface area contributed by atoms with Gasteiger partial charge in [-0.2, -0.15) is 0 Å². The first-order chi connectivity index (χ1) is 10.6.